The van der Waals surface area contributed by atoms with Crippen LogP contribution in [-0.2, 0) is 11.2 Å². The number of ether oxygens (including phenoxy) is 1. The normalized spacial score (nSPS) is 24.4. The number of rotatable bonds is 8. The summed E-state index contributed by atoms with van der Waals surface area (Å²) >= 11 is 0. The highest BCUT2D eigenvalue weighted by molar-refractivity contribution is 6.29. The van der Waals surface area contributed by atoms with Crippen molar-refractivity contribution >= 4 is 35.1 Å². The van der Waals surface area contributed by atoms with E-state index in [4.69, 9.17) is 9.73 Å². The number of fused-ring (bicyclic) bond motifs is 1. The number of likely N-dealkylation sites (tertiary alicyclic amines) is 2. The van der Waals surface area contributed by atoms with Crippen LogP contribution in [0.2, 0.25) is 0 Å². The second kappa shape index (κ2) is 13.1. The summed E-state index contributed by atoms with van der Waals surface area (Å²) in [5.74, 6) is 0.215. The molecule has 7 nitrogen and oxygen atoms in total. The molecule has 5 rings (SSSR count). The Morgan fingerprint density at radius 2 is 1.90 bits per heavy atom. The second-order valence-corrected chi connectivity index (χ2v) is 11.3. The molecule has 0 amide bonds. The third kappa shape index (κ3) is 5.99. The number of aromatic hydroxyl groups is 1. The number of allylic oxidation sites excluding steroid dienone is 2. The molecule has 0 spiro atoms. The molecule has 0 aliphatic carbocycles. The molecule has 3 heterocycles. The van der Waals surface area contributed by atoms with E-state index in [0.29, 0.717) is 36.2 Å². The highest BCUT2D eigenvalue weighted by Gasteiger charge is 2.32. The van der Waals surface area contributed by atoms with Crippen LogP contribution in [0.15, 0.2) is 62.5 Å². The van der Waals surface area contributed by atoms with Crippen LogP contribution in [0, 0.1) is 0 Å². The average molecular weight is 560 g/mol. The number of likely N-dealkylation sites (N-methyl/N-ethyl adjacent to an activating group) is 1. The number of aliphatic imine (C=N–C) groups is 3. The van der Waals surface area contributed by atoms with Crippen molar-refractivity contribution in [2.24, 2.45) is 15.0 Å². The molecule has 0 saturated carbocycles. The number of nitrogens with zero attached hydrogens (tertiary/aromatic N) is 5. The number of phenols is 1. The van der Waals surface area contributed by atoms with Crippen molar-refractivity contribution < 1.29 is 14.2 Å². The first-order valence-corrected chi connectivity index (χ1v) is 14.9. The molecular weight excluding hydrogens is 517 g/mol. The van der Waals surface area contributed by atoms with Gasteiger partial charge in [0.2, 0.25) is 0 Å². The predicted octanol–water partition coefficient (Wildman–Crippen LogP) is 6.17. The maximum atomic E-state index is 16.9. The van der Waals surface area contributed by atoms with Gasteiger partial charge in [-0.15, -0.1) is 0 Å². The molecule has 0 radical (unpaired) electrons. The summed E-state index contributed by atoms with van der Waals surface area (Å²) in [6.07, 6.45) is 8.93. The Balaban J connectivity index is 1.63. The summed E-state index contributed by atoms with van der Waals surface area (Å²) in [4.78, 5) is 18.5. The van der Waals surface area contributed by atoms with Crippen LogP contribution in [0.4, 0.5) is 4.39 Å². The van der Waals surface area contributed by atoms with Crippen LogP contribution in [0.3, 0.4) is 0 Å². The van der Waals surface area contributed by atoms with Gasteiger partial charge >= 0.3 is 0 Å². The van der Waals surface area contributed by atoms with Crippen LogP contribution < -0.4 is 0 Å². The smallest absolute Gasteiger partial charge is 0.175 e. The third-order valence-corrected chi connectivity index (χ3v) is 8.78. The predicted molar refractivity (Wildman–Crippen MR) is 167 cm³/mol. The van der Waals surface area contributed by atoms with Gasteiger partial charge in [0.15, 0.2) is 5.83 Å². The molecule has 218 valence electrons. The minimum absolute atomic E-state index is 0.0749. The lowest BCUT2D eigenvalue weighted by Gasteiger charge is -2.27. The van der Waals surface area contributed by atoms with Crippen molar-refractivity contribution in [3.63, 3.8) is 0 Å². The Bertz CT molecular complexity index is 1400. The fourth-order valence-corrected chi connectivity index (χ4v) is 6.49. The largest absolute Gasteiger partial charge is 0.508 e. The van der Waals surface area contributed by atoms with E-state index < -0.39 is 5.83 Å². The fourth-order valence-electron chi connectivity index (χ4n) is 6.49. The molecule has 3 aliphatic rings. The Labute approximate surface area is 242 Å². The van der Waals surface area contributed by atoms with Crippen molar-refractivity contribution in [2.45, 2.75) is 64.0 Å². The zero-order chi connectivity index (χ0) is 28.9. The van der Waals surface area contributed by atoms with Gasteiger partial charge in [0.25, 0.3) is 0 Å². The highest BCUT2D eigenvalue weighted by Crippen LogP contribution is 2.38. The van der Waals surface area contributed by atoms with Crippen molar-refractivity contribution in [3.05, 3.63) is 58.7 Å². The number of halogens is 1. The monoisotopic (exact) mass is 559 g/mol. The summed E-state index contributed by atoms with van der Waals surface area (Å²) in [6, 6.07) is 9.79. The Hall–Kier alpha value is -3.36. The molecule has 2 saturated heterocycles. The lowest BCUT2D eigenvalue weighted by atomic mass is 9.93. The molecule has 3 aliphatic heterocycles. The maximum absolute atomic E-state index is 16.9. The van der Waals surface area contributed by atoms with E-state index in [2.05, 4.69) is 40.5 Å². The van der Waals surface area contributed by atoms with Crippen LogP contribution in [-0.4, -0.2) is 86.0 Å². The van der Waals surface area contributed by atoms with Gasteiger partial charge in [-0.2, -0.15) is 0 Å². The van der Waals surface area contributed by atoms with Crippen LogP contribution >= 0.6 is 0 Å². The average Bonchev–Trinajstić information content (AvgIpc) is 3.14. The minimum atomic E-state index is -0.495. The van der Waals surface area contributed by atoms with Crippen LogP contribution in [0.1, 0.15) is 56.6 Å². The number of hydrogen-bond acceptors (Lipinski definition) is 7. The summed E-state index contributed by atoms with van der Waals surface area (Å²) in [7, 11) is 3.82. The van der Waals surface area contributed by atoms with Crippen LogP contribution in [0.5, 0.6) is 5.75 Å². The quantitative estimate of drug-likeness (QED) is 0.393. The first-order chi connectivity index (χ1) is 20.0. The molecule has 8 heteroatoms. The summed E-state index contributed by atoms with van der Waals surface area (Å²) in [5, 5.41) is 12.3. The highest BCUT2D eigenvalue weighted by atomic mass is 19.1. The molecule has 0 bridgehead atoms. The van der Waals surface area contributed by atoms with E-state index in [1.807, 2.05) is 18.2 Å². The molecule has 2 fully saturated rings. The third-order valence-electron chi connectivity index (χ3n) is 8.78. The number of methoxy groups -OCH3 is 1. The van der Waals surface area contributed by atoms with Gasteiger partial charge in [0, 0.05) is 44.1 Å². The molecule has 2 aromatic rings. The molecule has 2 aromatic carbocycles. The number of hydrogen-bond donors (Lipinski definition) is 1. The minimum Gasteiger partial charge on any atom is -0.508 e. The number of benzene rings is 2. The fraction of sp³-hybridized carbons (Fsp3) is 0.485. The number of aryl methyl sites for hydroxylation is 1. The van der Waals surface area contributed by atoms with Gasteiger partial charge in [0.05, 0.1) is 18.7 Å². The molecule has 1 unspecified atom stereocenters. The van der Waals surface area contributed by atoms with E-state index in [-0.39, 0.29) is 23.2 Å². The Morgan fingerprint density at radius 1 is 1.15 bits per heavy atom. The van der Waals surface area contributed by atoms with E-state index >= 15 is 4.39 Å². The topological polar surface area (TPSA) is 73.0 Å². The van der Waals surface area contributed by atoms with Gasteiger partial charge in [-0.05, 0) is 74.3 Å². The van der Waals surface area contributed by atoms with E-state index in [1.165, 1.54) is 12.8 Å². The Morgan fingerprint density at radius 3 is 2.61 bits per heavy atom. The molecule has 1 N–H and O–H groups in total. The van der Waals surface area contributed by atoms with E-state index in [1.54, 1.807) is 25.5 Å². The summed E-state index contributed by atoms with van der Waals surface area (Å²) in [6.45, 7) is 8.76. The number of phenolic OH excluding ortho intramolecular Hbond substituents is 1. The standard InChI is InChI=1S/C33H42FN5O2/c1-5-22-11-10-12-23-17-26(40)18-27(29(22)23)31-30(34)32(36-19-24-13-14-25(21-41-4)38(24)3)28(20-37-31)33(35-2)39-15-8-6-7-9-16-39/h10-12,17-18,20,24-25,40H,2,5-9,13-16,19,21H2,1,3-4H3/b33-28+,36-32?/t24-,25?/m0/s1. The Kier molecular flexibility index (Phi) is 9.30. The van der Waals surface area contributed by atoms with E-state index in [9.17, 15) is 5.11 Å². The molecule has 2 atom stereocenters. The van der Waals surface area contributed by atoms with Gasteiger partial charge in [-0.25, -0.2) is 9.38 Å². The van der Waals surface area contributed by atoms with Crippen molar-refractivity contribution in [2.75, 3.05) is 40.4 Å². The first-order valence-electron chi connectivity index (χ1n) is 14.9. The molecule has 0 aromatic heterocycles. The van der Waals surface area contributed by atoms with Gasteiger partial charge in [0.1, 0.15) is 23.0 Å². The van der Waals surface area contributed by atoms with Crippen molar-refractivity contribution in [1.82, 2.24) is 9.80 Å². The lowest BCUT2D eigenvalue weighted by molar-refractivity contribution is 0.115. The zero-order valence-electron chi connectivity index (χ0n) is 24.6. The molecule has 41 heavy (non-hydrogen) atoms. The van der Waals surface area contributed by atoms with Crippen molar-refractivity contribution in [1.29, 1.82) is 0 Å². The first kappa shape index (κ1) is 29.1. The maximum Gasteiger partial charge on any atom is 0.175 e. The summed E-state index contributed by atoms with van der Waals surface area (Å²) < 4.78 is 22.3. The van der Waals surface area contributed by atoms with Gasteiger partial charge < -0.3 is 14.7 Å². The van der Waals surface area contributed by atoms with Crippen molar-refractivity contribution in [3.8, 4) is 5.75 Å². The van der Waals surface area contributed by atoms with Gasteiger partial charge in [-0.3, -0.25) is 14.9 Å². The van der Waals surface area contributed by atoms with Gasteiger partial charge in [-0.1, -0.05) is 38.0 Å². The zero-order valence-corrected chi connectivity index (χ0v) is 24.6. The van der Waals surface area contributed by atoms with E-state index in [0.717, 1.165) is 61.5 Å². The molecular formula is C33H42FN5O2. The summed E-state index contributed by atoms with van der Waals surface area (Å²) in [5.41, 5.74) is 2.65. The van der Waals surface area contributed by atoms with Crippen LogP contribution in [0.25, 0.3) is 16.5 Å². The lowest BCUT2D eigenvalue weighted by Crippen LogP contribution is -2.36. The SMILES string of the molecule is C=N/C(=C1/C=NC(c2cc(O)cc3cccc(CC)c23)=C(F)C1=NC[C@@H]1CCC(COC)N1C)N1CCCCCC1. The second-order valence-electron chi connectivity index (χ2n) is 11.3.